The molecule has 1 amide bonds. The highest BCUT2D eigenvalue weighted by atomic mass is 32.2. The van der Waals surface area contributed by atoms with Crippen molar-refractivity contribution in [1.29, 1.82) is 0 Å². The Bertz CT molecular complexity index is 751. The quantitative estimate of drug-likeness (QED) is 0.831. The molecule has 1 fully saturated rings. The molecule has 1 aliphatic heterocycles. The van der Waals surface area contributed by atoms with Crippen LogP contribution in [0, 0.1) is 20.8 Å². The van der Waals surface area contributed by atoms with Crippen molar-refractivity contribution in [3.63, 3.8) is 0 Å². The summed E-state index contributed by atoms with van der Waals surface area (Å²) < 4.78 is 0. The minimum atomic E-state index is 0.139. The smallest absolute Gasteiger partial charge is 0.254 e. The number of benzene rings is 1. The van der Waals surface area contributed by atoms with Gasteiger partial charge in [-0.25, -0.2) is 0 Å². The maximum absolute atomic E-state index is 13.2. The summed E-state index contributed by atoms with van der Waals surface area (Å²) in [6, 6.07) is 6.52. The zero-order chi connectivity index (χ0) is 16.6. The lowest BCUT2D eigenvalue weighted by atomic mass is 9.98. The van der Waals surface area contributed by atoms with Gasteiger partial charge in [0, 0.05) is 24.2 Å². The summed E-state index contributed by atoms with van der Waals surface area (Å²) in [5, 5.41) is 0.982. The lowest BCUT2D eigenvalue weighted by Gasteiger charge is -2.31. The summed E-state index contributed by atoms with van der Waals surface area (Å²) in [5.41, 5.74) is 4.85. The maximum Gasteiger partial charge on any atom is 0.254 e. The van der Waals surface area contributed by atoms with Gasteiger partial charge in [0.2, 0.25) is 0 Å². The Morgan fingerprint density at radius 3 is 2.61 bits per heavy atom. The standard InChI is InChI=1S/C19H24N2OS/c1-12-5-6-17-16(11-12)18(13(2)14(3)20-17)19(22)21(4)15-7-9-23-10-8-15/h5-6,11,15H,7-10H2,1-4H3. The van der Waals surface area contributed by atoms with Crippen molar-refractivity contribution in [2.24, 2.45) is 0 Å². The number of hydrogen-bond donors (Lipinski definition) is 0. The predicted molar refractivity (Wildman–Crippen MR) is 98.4 cm³/mol. The molecule has 0 aliphatic carbocycles. The summed E-state index contributed by atoms with van der Waals surface area (Å²) >= 11 is 1.99. The number of carbonyl (C=O) groups is 1. The Hall–Kier alpha value is -1.55. The number of aromatic nitrogens is 1. The van der Waals surface area contributed by atoms with Crippen LogP contribution in [-0.2, 0) is 0 Å². The second-order valence-electron chi connectivity index (χ2n) is 6.48. The molecule has 1 aliphatic rings. The Labute approximate surface area is 142 Å². The molecular formula is C19H24N2OS. The lowest BCUT2D eigenvalue weighted by Crippen LogP contribution is -2.39. The number of fused-ring (bicyclic) bond motifs is 1. The van der Waals surface area contributed by atoms with Gasteiger partial charge in [-0.05, 0) is 62.8 Å². The van der Waals surface area contributed by atoms with E-state index in [4.69, 9.17) is 0 Å². The van der Waals surface area contributed by atoms with E-state index >= 15 is 0 Å². The van der Waals surface area contributed by atoms with Crippen LogP contribution in [0.2, 0.25) is 0 Å². The number of nitrogens with zero attached hydrogens (tertiary/aromatic N) is 2. The van der Waals surface area contributed by atoms with Gasteiger partial charge in [-0.2, -0.15) is 11.8 Å². The fourth-order valence-electron chi connectivity index (χ4n) is 3.29. The first-order chi connectivity index (χ1) is 11.0. The molecule has 4 heteroatoms. The summed E-state index contributed by atoms with van der Waals surface area (Å²) in [6.07, 6.45) is 2.18. The molecule has 1 saturated heterocycles. The number of amides is 1. The molecule has 0 bridgehead atoms. The van der Waals surface area contributed by atoms with Crippen molar-refractivity contribution in [2.45, 2.75) is 39.7 Å². The number of carbonyl (C=O) groups excluding carboxylic acids is 1. The van der Waals surface area contributed by atoms with Crippen LogP contribution in [0.3, 0.4) is 0 Å². The van der Waals surface area contributed by atoms with Gasteiger partial charge < -0.3 is 4.90 Å². The SMILES string of the molecule is Cc1ccc2nc(C)c(C)c(C(=O)N(C)C3CCSCC3)c2c1. The van der Waals surface area contributed by atoms with Gasteiger partial charge in [0.25, 0.3) is 5.91 Å². The molecule has 0 atom stereocenters. The molecule has 122 valence electrons. The Balaban J connectivity index is 2.08. The van der Waals surface area contributed by atoms with E-state index in [0.29, 0.717) is 6.04 Å². The Kier molecular flexibility index (Phi) is 4.62. The predicted octanol–water partition coefficient (Wildman–Crippen LogP) is 4.13. The van der Waals surface area contributed by atoms with Crippen molar-refractivity contribution in [3.8, 4) is 0 Å². The van der Waals surface area contributed by atoms with E-state index in [1.807, 2.05) is 43.6 Å². The number of aryl methyl sites for hydroxylation is 2. The molecule has 1 aromatic carbocycles. The first-order valence-electron chi connectivity index (χ1n) is 8.21. The highest BCUT2D eigenvalue weighted by Crippen LogP contribution is 2.28. The van der Waals surface area contributed by atoms with Crippen LogP contribution in [0.25, 0.3) is 10.9 Å². The minimum Gasteiger partial charge on any atom is -0.339 e. The van der Waals surface area contributed by atoms with E-state index < -0.39 is 0 Å². The molecule has 0 radical (unpaired) electrons. The summed E-state index contributed by atoms with van der Waals surface area (Å²) in [5.74, 6) is 2.44. The van der Waals surface area contributed by atoms with Gasteiger partial charge in [0.15, 0.2) is 0 Å². The van der Waals surface area contributed by atoms with Gasteiger partial charge in [-0.15, -0.1) is 0 Å². The van der Waals surface area contributed by atoms with E-state index in [1.165, 1.54) is 0 Å². The molecular weight excluding hydrogens is 304 g/mol. The van der Waals surface area contributed by atoms with Crippen LogP contribution in [0.5, 0.6) is 0 Å². The molecule has 2 heterocycles. The summed E-state index contributed by atoms with van der Waals surface area (Å²) in [6.45, 7) is 6.07. The Morgan fingerprint density at radius 2 is 1.91 bits per heavy atom. The molecule has 0 spiro atoms. The third kappa shape index (κ3) is 3.09. The molecule has 0 unspecified atom stereocenters. The van der Waals surface area contributed by atoms with Crippen molar-refractivity contribution in [3.05, 3.63) is 40.6 Å². The maximum atomic E-state index is 13.2. The van der Waals surface area contributed by atoms with Crippen molar-refractivity contribution >= 4 is 28.6 Å². The molecule has 1 aromatic heterocycles. The monoisotopic (exact) mass is 328 g/mol. The largest absolute Gasteiger partial charge is 0.339 e. The van der Waals surface area contributed by atoms with E-state index in [-0.39, 0.29) is 5.91 Å². The third-order valence-corrected chi connectivity index (χ3v) is 5.95. The average Bonchev–Trinajstić information content (AvgIpc) is 2.56. The molecule has 0 N–H and O–H groups in total. The molecule has 3 nitrogen and oxygen atoms in total. The van der Waals surface area contributed by atoms with Crippen LogP contribution < -0.4 is 0 Å². The van der Waals surface area contributed by atoms with E-state index in [9.17, 15) is 4.79 Å². The van der Waals surface area contributed by atoms with Crippen LogP contribution in [0.15, 0.2) is 18.2 Å². The molecule has 2 aromatic rings. The van der Waals surface area contributed by atoms with E-state index in [1.54, 1.807) is 0 Å². The molecule has 0 saturated carbocycles. The van der Waals surface area contributed by atoms with Gasteiger partial charge in [-0.1, -0.05) is 11.6 Å². The lowest BCUT2D eigenvalue weighted by molar-refractivity contribution is 0.0724. The van der Waals surface area contributed by atoms with Gasteiger partial charge >= 0.3 is 0 Å². The first-order valence-corrected chi connectivity index (χ1v) is 9.37. The molecule has 23 heavy (non-hydrogen) atoms. The zero-order valence-corrected chi connectivity index (χ0v) is 15.2. The van der Waals surface area contributed by atoms with Crippen molar-refractivity contribution in [1.82, 2.24) is 9.88 Å². The highest BCUT2D eigenvalue weighted by molar-refractivity contribution is 7.99. The van der Waals surface area contributed by atoms with E-state index in [0.717, 1.165) is 57.6 Å². The second kappa shape index (κ2) is 6.52. The number of hydrogen-bond acceptors (Lipinski definition) is 3. The molecule has 3 rings (SSSR count). The second-order valence-corrected chi connectivity index (χ2v) is 7.70. The average molecular weight is 328 g/mol. The van der Waals surface area contributed by atoms with E-state index in [2.05, 4.69) is 24.0 Å². The first kappa shape index (κ1) is 16.3. The topological polar surface area (TPSA) is 33.2 Å². The number of rotatable bonds is 2. The van der Waals surface area contributed by atoms with Crippen LogP contribution in [0.1, 0.15) is 40.0 Å². The van der Waals surface area contributed by atoms with Crippen LogP contribution >= 0.6 is 11.8 Å². The highest BCUT2D eigenvalue weighted by Gasteiger charge is 2.26. The van der Waals surface area contributed by atoms with Crippen LogP contribution in [-0.4, -0.2) is 40.4 Å². The van der Waals surface area contributed by atoms with Gasteiger partial charge in [0.05, 0.1) is 11.1 Å². The Morgan fingerprint density at radius 1 is 1.22 bits per heavy atom. The normalized spacial score (nSPS) is 15.8. The fraction of sp³-hybridized carbons (Fsp3) is 0.474. The zero-order valence-electron chi connectivity index (χ0n) is 14.3. The summed E-state index contributed by atoms with van der Waals surface area (Å²) in [7, 11) is 1.96. The number of thioether (sulfide) groups is 1. The van der Waals surface area contributed by atoms with Gasteiger partial charge in [0.1, 0.15) is 0 Å². The minimum absolute atomic E-state index is 0.139. The van der Waals surface area contributed by atoms with Crippen LogP contribution in [0.4, 0.5) is 0 Å². The fourth-order valence-corrected chi connectivity index (χ4v) is 4.37. The number of pyridine rings is 1. The summed E-state index contributed by atoms with van der Waals surface area (Å²) in [4.78, 5) is 19.9. The van der Waals surface area contributed by atoms with Crippen molar-refractivity contribution < 1.29 is 4.79 Å². The third-order valence-electron chi connectivity index (χ3n) is 4.90. The van der Waals surface area contributed by atoms with Gasteiger partial charge in [-0.3, -0.25) is 9.78 Å². The van der Waals surface area contributed by atoms with Crippen molar-refractivity contribution in [2.75, 3.05) is 18.6 Å².